The van der Waals surface area contributed by atoms with Crippen molar-refractivity contribution in [2.45, 2.75) is 32.3 Å². The van der Waals surface area contributed by atoms with Gasteiger partial charge >= 0.3 is 0 Å². The van der Waals surface area contributed by atoms with E-state index in [1.54, 1.807) is 7.11 Å². The Bertz CT molecular complexity index is 486. The summed E-state index contributed by atoms with van der Waals surface area (Å²) in [7, 11) is 1.73. The van der Waals surface area contributed by atoms with E-state index in [2.05, 4.69) is 34.5 Å². The molecule has 4 nitrogen and oxygen atoms in total. The first kappa shape index (κ1) is 19.5. The van der Waals surface area contributed by atoms with Crippen LogP contribution in [0.1, 0.15) is 31.2 Å². The third-order valence-electron chi connectivity index (χ3n) is 5.16. The fraction of sp³-hybridized carbons (Fsp3) is 0.684. The molecule has 1 aromatic carbocycles. The highest BCUT2D eigenvalue weighted by molar-refractivity contribution is 5.85. The predicted molar refractivity (Wildman–Crippen MR) is 100 cm³/mol. The summed E-state index contributed by atoms with van der Waals surface area (Å²) in [5, 5.41) is 3.49. The second kappa shape index (κ2) is 9.62. The van der Waals surface area contributed by atoms with Crippen molar-refractivity contribution < 1.29 is 9.47 Å². The quantitative estimate of drug-likeness (QED) is 0.815. The summed E-state index contributed by atoms with van der Waals surface area (Å²) in [4.78, 5) is 2.63. The van der Waals surface area contributed by atoms with Crippen LogP contribution in [-0.2, 0) is 11.3 Å². The Kier molecular flexibility index (Phi) is 7.82. The molecule has 5 heteroatoms. The molecule has 136 valence electrons. The molecule has 24 heavy (non-hydrogen) atoms. The van der Waals surface area contributed by atoms with Crippen LogP contribution in [-0.4, -0.2) is 51.3 Å². The van der Waals surface area contributed by atoms with Gasteiger partial charge in [0.25, 0.3) is 0 Å². The Labute approximate surface area is 152 Å². The van der Waals surface area contributed by atoms with Gasteiger partial charge in [-0.25, -0.2) is 0 Å². The summed E-state index contributed by atoms with van der Waals surface area (Å²) in [5.41, 5.74) is 1.54. The standard InChI is InChI=1S/C19H30N2O2.ClH/c1-22-14-17-5-2-6-18(13-17)23-16-19(7-3-8-19)15-21-11-4-9-20-10-12-21;/h2,5-6,13,20H,3-4,7-12,14-16H2,1H3;1H. The van der Waals surface area contributed by atoms with E-state index < -0.39 is 0 Å². The molecule has 1 aliphatic heterocycles. The van der Waals surface area contributed by atoms with Crippen LogP contribution in [0.25, 0.3) is 0 Å². The van der Waals surface area contributed by atoms with Gasteiger partial charge in [-0.1, -0.05) is 18.6 Å². The SMILES string of the molecule is COCc1cccc(OCC2(CN3CCCNCC3)CCC2)c1.Cl. The van der Waals surface area contributed by atoms with E-state index in [4.69, 9.17) is 9.47 Å². The Morgan fingerprint density at radius 3 is 2.79 bits per heavy atom. The monoisotopic (exact) mass is 354 g/mol. The number of nitrogens with zero attached hydrogens (tertiary/aromatic N) is 1. The second-order valence-electron chi connectivity index (χ2n) is 7.10. The van der Waals surface area contributed by atoms with E-state index in [9.17, 15) is 0 Å². The second-order valence-corrected chi connectivity index (χ2v) is 7.10. The van der Waals surface area contributed by atoms with Gasteiger partial charge in [-0.15, -0.1) is 12.4 Å². The van der Waals surface area contributed by atoms with Crippen LogP contribution in [0.5, 0.6) is 5.75 Å². The molecule has 3 rings (SSSR count). The number of hydrogen-bond donors (Lipinski definition) is 1. The first-order valence-electron chi connectivity index (χ1n) is 8.93. The minimum atomic E-state index is 0. The molecule has 2 fully saturated rings. The largest absolute Gasteiger partial charge is 0.493 e. The third kappa shape index (κ3) is 5.35. The van der Waals surface area contributed by atoms with Crippen molar-refractivity contribution in [3.05, 3.63) is 29.8 Å². The number of hydrogen-bond acceptors (Lipinski definition) is 4. The first-order chi connectivity index (χ1) is 11.3. The zero-order valence-corrected chi connectivity index (χ0v) is 15.6. The van der Waals surface area contributed by atoms with Crippen molar-refractivity contribution in [1.29, 1.82) is 0 Å². The number of nitrogens with one attached hydrogen (secondary N) is 1. The van der Waals surface area contributed by atoms with Crippen LogP contribution in [0.15, 0.2) is 24.3 Å². The summed E-state index contributed by atoms with van der Waals surface area (Å²) in [6, 6.07) is 8.30. The predicted octanol–water partition coefficient (Wildman–Crippen LogP) is 3.10. The normalized spacial score (nSPS) is 20.5. The number of rotatable bonds is 7. The first-order valence-corrected chi connectivity index (χ1v) is 8.93. The van der Waals surface area contributed by atoms with Gasteiger partial charge in [0.1, 0.15) is 5.75 Å². The molecule has 0 unspecified atom stereocenters. The molecule has 1 aliphatic carbocycles. The summed E-state index contributed by atoms with van der Waals surface area (Å²) < 4.78 is 11.4. The maximum absolute atomic E-state index is 6.18. The molecule has 2 aliphatic rings. The lowest BCUT2D eigenvalue weighted by atomic mass is 9.69. The van der Waals surface area contributed by atoms with Crippen molar-refractivity contribution >= 4 is 12.4 Å². The highest BCUT2D eigenvalue weighted by Crippen LogP contribution is 2.42. The van der Waals surface area contributed by atoms with Gasteiger partial charge in [-0.2, -0.15) is 0 Å². The van der Waals surface area contributed by atoms with Gasteiger partial charge in [0.05, 0.1) is 13.2 Å². The molecule has 0 amide bonds. The molecule has 1 aromatic rings. The summed E-state index contributed by atoms with van der Waals surface area (Å²) in [5.74, 6) is 0.975. The molecule has 0 atom stereocenters. The number of ether oxygens (including phenoxy) is 2. The molecule has 1 saturated heterocycles. The minimum Gasteiger partial charge on any atom is -0.493 e. The van der Waals surface area contributed by atoms with E-state index in [1.165, 1.54) is 50.9 Å². The third-order valence-corrected chi connectivity index (χ3v) is 5.16. The van der Waals surface area contributed by atoms with Gasteiger partial charge in [-0.3, -0.25) is 0 Å². The van der Waals surface area contributed by atoms with Gasteiger partial charge in [0.15, 0.2) is 0 Å². The van der Waals surface area contributed by atoms with E-state index in [0.717, 1.165) is 25.4 Å². The van der Waals surface area contributed by atoms with Crippen LogP contribution < -0.4 is 10.1 Å². The van der Waals surface area contributed by atoms with E-state index >= 15 is 0 Å². The molecule has 0 bridgehead atoms. The molecule has 1 saturated carbocycles. The lowest BCUT2D eigenvalue weighted by Crippen LogP contribution is -2.47. The van der Waals surface area contributed by atoms with Crippen molar-refractivity contribution in [1.82, 2.24) is 10.2 Å². The van der Waals surface area contributed by atoms with Crippen LogP contribution in [0.2, 0.25) is 0 Å². The molecule has 0 aromatic heterocycles. The van der Waals surface area contributed by atoms with E-state index in [-0.39, 0.29) is 12.4 Å². The summed E-state index contributed by atoms with van der Waals surface area (Å²) in [6.45, 7) is 7.34. The highest BCUT2D eigenvalue weighted by Gasteiger charge is 2.39. The maximum atomic E-state index is 6.18. The number of benzene rings is 1. The number of halogens is 1. The van der Waals surface area contributed by atoms with Crippen LogP contribution >= 0.6 is 12.4 Å². The molecule has 1 N–H and O–H groups in total. The molecule has 1 heterocycles. The summed E-state index contributed by atoms with van der Waals surface area (Å²) in [6.07, 6.45) is 5.21. The zero-order valence-electron chi connectivity index (χ0n) is 14.8. The molecule has 0 radical (unpaired) electrons. The van der Waals surface area contributed by atoms with Crippen LogP contribution in [0.4, 0.5) is 0 Å². The minimum absolute atomic E-state index is 0. The average molecular weight is 355 g/mol. The Hall–Kier alpha value is -0.810. The van der Waals surface area contributed by atoms with Crippen molar-refractivity contribution in [2.75, 3.05) is 46.4 Å². The Morgan fingerprint density at radius 1 is 1.17 bits per heavy atom. The number of methoxy groups -OCH3 is 1. The van der Waals surface area contributed by atoms with E-state index in [0.29, 0.717) is 12.0 Å². The molecular formula is C19H31ClN2O2. The van der Waals surface area contributed by atoms with Crippen LogP contribution in [0, 0.1) is 5.41 Å². The lowest BCUT2D eigenvalue weighted by Gasteiger charge is -2.44. The molecular weight excluding hydrogens is 324 g/mol. The topological polar surface area (TPSA) is 33.7 Å². The van der Waals surface area contributed by atoms with Crippen molar-refractivity contribution in [3.8, 4) is 5.75 Å². The smallest absolute Gasteiger partial charge is 0.119 e. The fourth-order valence-electron chi connectivity index (χ4n) is 3.69. The zero-order chi connectivity index (χ0) is 16.0. The molecule has 0 spiro atoms. The van der Waals surface area contributed by atoms with Crippen LogP contribution in [0.3, 0.4) is 0 Å². The van der Waals surface area contributed by atoms with Gasteiger partial charge in [0.2, 0.25) is 0 Å². The van der Waals surface area contributed by atoms with Gasteiger partial charge in [0, 0.05) is 32.2 Å². The maximum Gasteiger partial charge on any atom is 0.119 e. The average Bonchev–Trinajstić information content (AvgIpc) is 2.79. The highest BCUT2D eigenvalue weighted by atomic mass is 35.5. The van der Waals surface area contributed by atoms with Gasteiger partial charge < -0.3 is 19.7 Å². The van der Waals surface area contributed by atoms with Crippen molar-refractivity contribution in [3.63, 3.8) is 0 Å². The van der Waals surface area contributed by atoms with E-state index in [1.807, 2.05) is 0 Å². The summed E-state index contributed by atoms with van der Waals surface area (Å²) >= 11 is 0. The lowest BCUT2D eigenvalue weighted by molar-refractivity contribution is 0.0194. The Morgan fingerprint density at radius 2 is 2.04 bits per heavy atom. The Balaban J connectivity index is 0.00000208. The fourth-order valence-corrected chi connectivity index (χ4v) is 3.69. The van der Waals surface area contributed by atoms with Gasteiger partial charge in [-0.05, 0) is 50.0 Å². The van der Waals surface area contributed by atoms with Crippen molar-refractivity contribution in [2.24, 2.45) is 5.41 Å².